The zero-order valence-corrected chi connectivity index (χ0v) is 20.0. The Hall–Kier alpha value is -4.39. The van der Waals surface area contributed by atoms with Gasteiger partial charge in [-0.3, -0.25) is 14.5 Å². The van der Waals surface area contributed by atoms with Crippen LogP contribution in [-0.4, -0.2) is 36.0 Å². The van der Waals surface area contributed by atoms with Crippen LogP contribution in [0.2, 0.25) is 0 Å². The molecule has 2 aliphatic rings. The number of hydrogen-bond acceptors (Lipinski definition) is 6. The topological polar surface area (TPSA) is 93.1 Å². The molecule has 2 aliphatic heterocycles. The van der Waals surface area contributed by atoms with E-state index in [0.29, 0.717) is 29.8 Å². The average molecular weight is 484 g/mol. The Bertz CT molecular complexity index is 1410. The Morgan fingerprint density at radius 1 is 1.06 bits per heavy atom. The first-order valence-corrected chi connectivity index (χ1v) is 11.8. The fourth-order valence-corrected chi connectivity index (χ4v) is 4.75. The van der Waals surface area contributed by atoms with Crippen LogP contribution in [-0.2, 0) is 20.7 Å². The molecule has 0 bridgehead atoms. The first kappa shape index (κ1) is 23.4. The first-order chi connectivity index (χ1) is 17.4. The molecular weight excluding hydrogens is 458 g/mol. The lowest BCUT2D eigenvalue weighted by molar-refractivity contribution is -0.132. The van der Waals surface area contributed by atoms with Crippen LogP contribution in [0.5, 0.6) is 5.75 Å². The summed E-state index contributed by atoms with van der Waals surface area (Å²) in [5.74, 6) is -1.47. The van der Waals surface area contributed by atoms with Crippen LogP contribution in [0.1, 0.15) is 45.6 Å². The predicted octanol–water partition coefficient (Wildman–Crippen LogP) is 4.73. The van der Waals surface area contributed by atoms with E-state index in [4.69, 9.17) is 9.47 Å². The maximum atomic E-state index is 13.4. The number of nitrogens with zero attached hydrogens (tertiary/aromatic N) is 1. The van der Waals surface area contributed by atoms with E-state index in [2.05, 4.69) is 0 Å². The van der Waals surface area contributed by atoms with Crippen molar-refractivity contribution in [3.8, 4) is 5.75 Å². The summed E-state index contributed by atoms with van der Waals surface area (Å²) in [6.45, 7) is 4.43. The molecule has 0 spiro atoms. The summed E-state index contributed by atoms with van der Waals surface area (Å²) in [6.07, 6.45) is 0.707. The van der Waals surface area contributed by atoms with Crippen LogP contribution < -0.4 is 9.64 Å². The lowest BCUT2D eigenvalue weighted by atomic mass is 9.92. The van der Waals surface area contributed by atoms with Crippen LogP contribution in [0.3, 0.4) is 0 Å². The number of benzene rings is 3. The van der Waals surface area contributed by atoms with Crippen molar-refractivity contribution in [1.82, 2.24) is 0 Å². The molecule has 1 saturated heterocycles. The van der Waals surface area contributed by atoms with Gasteiger partial charge in [-0.05, 0) is 73.0 Å². The van der Waals surface area contributed by atoms with Crippen molar-refractivity contribution in [2.75, 3.05) is 18.1 Å². The second-order valence-electron chi connectivity index (χ2n) is 8.71. The number of Topliss-reactive ketones (excluding diaryl/α,β-unsaturated/α-hetero) is 1. The Morgan fingerprint density at radius 2 is 1.78 bits per heavy atom. The number of amides is 1. The fraction of sp³-hybridized carbons (Fsp3) is 0.207. The highest BCUT2D eigenvalue weighted by atomic mass is 16.5. The largest absolute Gasteiger partial charge is 0.507 e. The third-order valence-corrected chi connectivity index (χ3v) is 6.55. The molecule has 5 rings (SSSR count). The lowest BCUT2D eigenvalue weighted by Gasteiger charge is -2.26. The summed E-state index contributed by atoms with van der Waals surface area (Å²) in [7, 11) is 0. The molecule has 2 heterocycles. The number of ketones is 1. The van der Waals surface area contributed by atoms with Crippen LogP contribution in [0.25, 0.3) is 5.76 Å². The van der Waals surface area contributed by atoms with E-state index < -0.39 is 23.7 Å². The summed E-state index contributed by atoms with van der Waals surface area (Å²) < 4.78 is 10.6. The molecule has 0 aromatic heterocycles. The molecule has 1 unspecified atom stereocenters. The standard InChI is InChI=1S/C29H25NO6/c1-3-35-29(34)18-8-11-21(12-9-18)30-25(22-7-5-4-6-17(22)2)24(27(32)28(30)33)26(31)20-10-13-23-19(16-20)14-15-36-23/h4-13,16,25,31H,3,14-15H2,1-2H3/b26-24+. The van der Waals surface area contributed by atoms with E-state index in [-0.39, 0.29) is 17.9 Å². The van der Waals surface area contributed by atoms with Crippen molar-refractivity contribution >= 4 is 29.1 Å². The van der Waals surface area contributed by atoms with Gasteiger partial charge < -0.3 is 14.6 Å². The summed E-state index contributed by atoms with van der Waals surface area (Å²) in [4.78, 5) is 40.2. The predicted molar refractivity (Wildman–Crippen MR) is 134 cm³/mol. The molecule has 1 N–H and O–H groups in total. The quantitative estimate of drug-likeness (QED) is 0.244. The molecule has 1 fully saturated rings. The molecule has 7 heteroatoms. The second-order valence-corrected chi connectivity index (χ2v) is 8.71. The summed E-state index contributed by atoms with van der Waals surface area (Å²) >= 11 is 0. The fourth-order valence-electron chi connectivity index (χ4n) is 4.75. The normalized spacial score (nSPS) is 18.2. The van der Waals surface area contributed by atoms with E-state index in [1.54, 1.807) is 49.4 Å². The minimum absolute atomic E-state index is 0.0163. The number of rotatable bonds is 5. The van der Waals surface area contributed by atoms with E-state index in [0.717, 1.165) is 22.4 Å². The van der Waals surface area contributed by atoms with Gasteiger partial charge in [-0.25, -0.2) is 4.79 Å². The molecule has 0 radical (unpaired) electrons. The van der Waals surface area contributed by atoms with Crippen LogP contribution in [0.15, 0.2) is 72.3 Å². The Labute approximate surface area is 208 Å². The number of aryl methyl sites for hydroxylation is 1. The molecule has 1 amide bonds. The van der Waals surface area contributed by atoms with Gasteiger partial charge in [-0.2, -0.15) is 0 Å². The lowest BCUT2D eigenvalue weighted by Crippen LogP contribution is -2.29. The highest BCUT2D eigenvalue weighted by molar-refractivity contribution is 6.51. The average Bonchev–Trinajstić information content (AvgIpc) is 3.46. The van der Waals surface area contributed by atoms with E-state index >= 15 is 0 Å². The highest BCUT2D eigenvalue weighted by Crippen LogP contribution is 2.43. The Balaban J connectivity index is 1.65. The summed E-state index contributed by atoms with van der Waals surface area (Å²) in [5, 5.41) is 11.4. The van der Waals surface area contributed by atoms with Gasteiger partial charge in [0.1, 0.15) is 11.5 Å². The molecule has 1 atom stereocenters. The smallest absolute Gasteiger partial charge is 0.338 e. The van der Waals surface area contributed by atoms with Crippen LogP contribution in [0.4, 0.5) is 5.69 Å². The van der Waals surface area contributed by atoms with E-state index in [1.165, 1.54) is 4.90 Å². The van der Waals surface area contributed by atoms with Gasteiger partial charge in [0.05, 0.1) is 30.4 Å². The molecule has 0 aliphatic carbocycles. The number of carbonyl (C=O) groups is 3. The van der Waals surface area contributed by atoms with Crippen LogP contribution in [0, 0.1) is 6.92 Å². The molecule has 7 nitrogen and oxygen atoms in total. The van der Waals surface area contributed by atoms with Gasteiger partial charge in [0.15, 0.2) is 0 Å². The van der Waals surface area contributed by atoms with Gasteiger partial charge >= 0.3 is 5.97 Å². The van der Waals surface area contributed by atoms with Crippen molar-refractivity contribution in [3.05, 3.63) is 100 Å². The number of esters is 1. The first-order valence-electron chi connectivity index (χ1n) is 11.8. The van der Waals surface area contributed by atoms with Gasteiger partial charge in [0.25, 0.3) is 11.7 Å². The van der Waals surface area contributed by atoms with Crippen molar-refractivity contribution in [3.63, 3.8) is 0 Å². The van der Waals surface area contributed by atoms with Crippen molar-refractivity contribution < 1.29 is 29.0 Å². The molecule has 3 aromatic carbocycles. The number of aliphatic hydroxyl groups is 1. The van der Waals surface area contributed by atoms with Gasteiger partial charge in [-0.1, -0.05) is 24.3 Å². The Morgan fingerprint density at radius 3 is 2.50 bits per heavy atom. The van der Waals surface area contributed by atoms with Crippen LogP contribution >= 0.6 is 0 Å². The summed E-state index contributed by atoms with van der Waals surface area (Å²) in [6, 6.07) is 18.2. The molecule has 0 saturated carbocycles. The van der Waals surface area contributed by atoms with Crippen molar-refractivity contribution in [1.29, 1.82) is 0 Å². The minimum Gasteiger partial charge on any atom is -0.507 e. The van der Waals surface area contributed by atoms with Crippen molar-refractivity contribution in [2.45, 2.75) is 26.3 Å². The highest BCUT2D eigenvalue weighted by Gasteiger charge is 2.47. The van der Waals surface area contributed by atoms with Gasteiger partial charge in [0, 0.05) is 17.7 Å². The van der Waals surface area contributed by atoms with E-state index in [9.17, 15) is 19.5 Å². The maximum Gasteiger partial charge on any atom is 0.338 e. The monoisotopic (exact) mass is 483 g/mol. The number of fused-ring (bicyclic) bond motifs is 1. The van der Waals surface area contributed by atoms with Gasteiger partial charge in [0.2, 0.25) is 0 Å². The maximum absolute atomic E-state index is 13.4. The number of carbonyl (C=O) groups excluding carboxylic acids is 3. The molecule has 182 valence electrons. The Kier molecular flexibility index (Phi) is 6.06. The summed E-state index contributed by atoms with van der Waals surface area (Å²) in [5.41, 5.74) is 3.76. The van der Waals surface area contributed by atoms with Gasteiger partial charge in [-0.15, -0.1) is 0 Å². The zero-order valence-electron chi connectivity index (χ0n) is 20.0. The third-order valence-electron chi connectivity index (χ3n) is 6.55. The minimum atomic E-state index is -0.843. The number of aliphatic hydroxyl groups excluding tert-OH is 1. The van der Waals surface area contributed by atoms with E-state index in [1.807, 2.05) is 31.2 Å². The number of hydrogen-bond donors (Lipinski definition) is 1. The number of ether oxygens (including phenoxy) is 2. The zero-order chi connectivity index (χ0) is 25.4. The van der Waals surface area contributed by atoms with Crippen molar-refractivity contribution in [2.24, 2.45) is 0 Å². The third kappa shape index (κ3) is 3.92. The molecule has 3 aromatic rings. The SMILES string of the molecule is CCOC(=O)c1ccc(N2C(=O)C(=O)/C(=C(/O)c3ccc4c(c3)CCO4)C2c2ccccc2C)cc1. The number of anilines is 1. The molecular formula is C29H25NO6. The molecule has 36 heavy (non-hydrogen) atoms. The second kappa shape index (κ2) is 9.34.